The average molecular weight is 296 g/mol. The van der Waals surface area contributed by atoms with Crippen LogP contribution < -0.4 is 4.74 Å². The number of ketones is 1. The molecule has 3 rings (SSSR count). The molecule has 2 aromatic carbocycles. The summed E-state index contributed by atoms with van der Waals surface area (Å²) in [6.45, 7) is 3.85. The van der Waals surface area contributed by atoms with Gasteiger partial charge in [-0.15, -0.1) is 0 Å². The summed E-state index contributed by atoms with van der Waals surface area (Å²) in [5, 5.41) is 9.97. The molecule has 0 aromatic heterocycles. The number of phenols is 1. The van der Waals surface area contributed by atoms with Crippen molar-refractivity contribution < 1.29 is 14.6 Å². The molecule has 1 heterocycles. The van der Waals surface area contributed by atoms with E-state index in [1.165, 1.54) is 5.56 Å². The summed E-state index contributed by atoms with van der Waals surface area (Å²) in [5.41, 5.74) is 1.96. The van der Waals surface area contributed by atoms with Crippen LogP contribution in [0.4, 0.5) is 0 Å². The first-order valence-electron chi connectivity index (χ1n) is 7.57. The van der Waals surface area contributed by atoms with Crippen LogP contribution >= 0.6 is 0 Å². The van der Waals surface area contributed by atoms with Crippen molar-refractivity contribution in [2.75, 3.05) is 0 Å². The first kappa shape index (κ1) is 14.6. The van der Waals surface area contributed by atoms with Gasteiger partial charge in [-0.2, -0.15) is 0 Å². The molecule has 0 amide bonds. The third-order valence-electron chi connectivity index (χ3n) is 4.24. The van der Waals surface area contributed by atoms with Crippen molar-refractivity contribution in [3.05, 3.63) is 59.2 Å². The van der Waals surface area contributed by atoms with Gasteiger partial charge in [0.25, 0.3) is 0 Å². The first-order chi connectivity index (χ1) is 10.5. The number of hydrogen-bond acceptors (Lipinski definition) is 3. The van der Waals surface area contributed by atoms with Crippen LogP contribution in [-0.4, -0.2) is 16.5 Å². The summed E-state index contributed by atoms with van der Waals surface area (Å²) in [6.07, 6.45) is 1.96. The SMILES string of the molecule is Cc1ccc(C(=O)CC2(C)CCc3ccccc3O2)c(O)c1. The van der Waals surface area contributed by atoms with E-state index in [-0.39, 0.29) is 18.0 Å². The van der Waals surface area contributed by atoms with E-state index in [1.807, 2.05) is 38.1 Å². The van der Waals surface area contributed by atoms with E-state index in [4.69, 9.17) is 4.74 Å². The van der Waals surface area contributed by atoms with Crippen LogP contribution in [-0.2, 0) is 6.42 Å². The standard InChI is InChI=1S/C19H20O3/c1-13-7-8-15(16(20)11-13)17(21)12-19(2)10-9-14-5-3-4-6-18(14)22-19/h3-8,11,20H,9-10,12H2,1-2H3. The van der Waals surface area contributed by atoms with Crippen LogP contribution in [0.25, 0.3) is 0 Å². The number of phenolic OH excluding ortho intramolecular Hbond substituents is 1. The highest BCUT2D eigenvalue weighted by molar-refractivity contribution is 5.99. The lowest BCUT2D eigenvalue weighted by Crippen LogP contribution is -2.38. The number of aromatic hydroxyl groups is 1. The minimum Gasteiger partial charge on any atom is -0.507 e. The molecule has 0 saturated carbocycles. The number of fused-ring (bicyclic) bond motifs is 1. The number of para-hydroxylation sites is 1. The van der Waals surface area contributed by atoms with Crippen molar-refractivity contribution in [2.24, 2.45) is 0 Å². The van der Waals surface area contributed by atoms with Gasteiger partial charge in [0.05, 0.1) is 12.0 Å². The van der Waals surface area contributed by atoms with Crippen molar-refractivity contribution in [2.45, 2.75) is 38.7 Å². The highest BCUT2D eigenvalue weighted by atomic mass is 16.5. The quantitative estimate of drug-likeness (QED) is 0.869. The molecule has 0 fully saturated rings. The number of Topliss-reactive ketones (excluding diaryl/α,β-unsaturated/α-hetero) is 1. The van der Waals surface area contributed by atoms with Gasteiger partial charge in [0.2, 0.25) is 0 Å². The fraction of sp³-hybridized carbons (Fsp3) is 0.316. The Balaban J connectivity index is 1.79. The Bertz CT molecular complexity index is 720. The lowest BCUT2D eigenvalue weighted by Gasteiger charge is -2.35. The molecule has 0 spiro atoms. The van der Waals surface area contributed by atoms with Gasteiger partial charge in [-0.05, 0) is 56.0 Å². The normalized spacial score (nSPS) is 20.1. The van der Waals surface area contributed by atoms with E-state index >= 15 is 0 Å². The van der Waals surface area contributed by atoms with Crippen LogP contribution in [0.15, 0.2) is 42.5 Å². The molecule has 3 nitrogen and oxygen atoms in total. The van der Waals surface area contributed by atoms with Crippen LogP contribution in [0.1, 0.15) is 41.3 Å². The van der Waals surface area contributed by atoms with Crippen molar-refractivity contribution >= 4 is 5.78 Å². The van der Waals surface area contributed by atoms with Gasteiger partial charge in [0, 0.05) is 0 Å². The van der Waals surface area contributed by atoms with E-state index < -0.39 is 5.60 Å². The molecule has 1 unspecified atom stereocenters. The molecule has 1 N–H and O–H groups in total. The van der Waals surface area contributed by atoms with Crippen LogP contribution in [0, 0.1) is 6.92 Å². The maximum Gasteiger partial charge on any atom is 0.170 e. The van der Waals surface area contributed by atoms with Crippen LogP contribution in [0.5, 0.6) is 11.5 Å². The lowest BCUT2D eigenvalue weighted by atomic mass is 9.87. The Morgan fingerprint density at radius 3 is 2.82 bits per heavy atom. The summed E-state index contributed by atoms with van der Waals surface area (Å²) >= 11 is 0. The predicted molar refractivity (Wildman–Crippen MR) is 85.6 cm³/mol. The molecule has 114 valence electrons. The predicted octanol–water partition coefficient (Wildman–Crippen LogP) is 4.06. The number of ether oxygens (including phenoxy) is 1. The topological polar surface area (TPSA) is 46.5 Å². The number of aryl methyl sites for hydroxylation is 2. The monoisotopic (exact) mass is 296 g/mol. The smallest absolute Gasteiger partial charge is 0.170 e. The molecular formula is C19H20O3. The number of hydrogen-bond donors (Lipinski definition) is 1. The van der Waals surface area contributed by atoms with Crippen molar-refractivity contribution in [3.8, 4) is 11.5 Å². The maximum absolute atomic E-state index is 12.5. The van der Waals surface area contributed by atoms with E-state index in [9.17, 15) is 9.90 Å². The molecular weight excluding hydrogens is 276 g/mol. The average Bonchev–Trinajstić information content (AvgIpc) is 2.46. The van der Waals surface area contributed by atoms with Crippen LogP contribution in [0.3, 0.4) is 0 Å². The summed E-state index contributed by atoms with van der Waals surface area (Å²) in [4.78, 5) is 12.5. The Morgan fingerprint density at radius 1 is 1.27 bits per heavy atom. The van der Waals surface area contributed by atoms with E-state index in [0.717, 1.165) is 24.2 Å². The van der Waals surface area contributed by atoms with Crippen molar-refractivity contribution in [3.63, 3.8) is 0 Å². The summed E-state index contributed by atoms with van der Waals surface area (Å²) in [7, 11) is 0. The zero-order valence-electron chi connectivity index (χ0n) is 12.9. The molecule has 1 atom stereocenters. The van der Waals surface area contributed by atoms with E-state index in [1.54, 1.807) is 12.1 Å². The fourth-order valence-corrected chi connectivity index (χ4v) is 2.96. The number of rotatable bonds is 3. The van der Waals surface area contributed by atoms with Crippen molar-refractivity contribution in [1.82, 2.24) is 0 Å². The second kappa shape index (κ2) is 5.48. The zero-order chi connectivity index (χ0) is 15.7. The van der Waals surface area contributed by atoms with Gasteiger partial charge in [0.1, 0.15) is 17.1 Å². The van der Waals surface area contributed by atoms with E-state index in [2.05, 4.69) is 6.07 Å². The van der Waals surface area contributed by atoms with Gasteiger partial charge >= 0.3 is 0 Å². The molecule has 0 radical (unpaired) electrons. The van der Waals surface area contributed by atoms with Crippen LogP contribution in [0.2, 0.25) is 0 Å². The Labute approximate surface area is 130 Å². The van der Waals surface area contributed by atoms with Gasteiger partial charge in [-0.1, -0.05) is 24.3 Å². The summed E-state index contributed by atoms with van der Waals surface area (Å²) in [6, 6.07) is 13.1. The highest BCUT2D eigenvalue weighted by Crippen LogP contribution is 2.36. The third-order valence-corrected chi connectivity index (χ3v) is 4.24. The Hall–Kier alpha value is -2.29. The second-order valence-corrected chi connectivity index (χ2v) is 6.28. The number of carbonyl (C=O) groups excluding carboxylic acids is 1. The lowest BCUT2D eigenvalue weighted by molar-refractivity contribution is 0.0493. The largest absolute Gasteiger partial charge is 0.507 e. The number of benzene rings is 2. The molecule has 0 aliphatic carbocycles. The fourth-order valence-electron chi connectivity index (χ4n) is 2.96. The maximum atomic E-state index is 12.5. The molecule has 1 aliphatic rings. The Kier molecular flexibility index (Phi) is 3.65. The van der Waals surface area contributed by atoms with Gasteiger partial charge in [-0.25, -0.2) is 0 Å². The first-order valence-corrected chi connectivity index (χ1v) is 7.57. The van der Waals surface area contributed by atoms with E-state index in [0.29, 0.717) is 5.56 Å². The molecule has 3 heteroatoms. The molecule has 0 bridgehead atoms. The van der Waals surface area contributed by atoms with Gasteiger partial charge < -0.3 is 9.84 Å². The minimum absolute atomic E-state index is 0.0461. The highest BCUT2D eigenvalue weighted by Gasteiger charge is 2.34. The Morgan fingerprint density at radius 2 is 2.05 bits per heavy atom. The third kappa shape index (κ3) is 2.84. The molecule has 1 aliphatic heterocycles. The second-order valence-electron chi connectivity index (χ2n) is 6.28. The summed E-state index contributed by atoms with van der Waals surface area (Å²) in [5.74, 6) is 0.821. The molecule has 22 heavy (non-hydrogen) atoms. The van der Waals surface area contributed by atoms with Gasteiger partial charge in [-0.3, -0.25) is 4.79 Å². The summed E-state index contributed by atoms with van der Waals surface area (Å²) < 4.78 is 6.07. The molecule has 0 saturated heterocycles. The van der Waals surface area contributed by atoms with Gasteiger partial charge in [0.15, 0.2) is 5.78 Å². The minimum atomic E-state index is -0.525. The molecule has 2 aromatic rings. The zero-order valence-corrected chi connectivity index (χ0v) is 12.9. The van der Waals surface area contributed by atoms with Crippen molar-refractivity contribution in [1.29, 1.82) is 0 Å². The number of carbonyl (C=O) groups is 1.